The highest BCUT2D eigenvalue weighted by atomic mass is 35.5. The summed E-state index contributed by atoms with van der Waals surface area (Å²) in [4.78, 5) is 31.7. The van der Waals surface area contributed by atoms with Crippen LogP contribution in [0.5, 0.6) is 5.75 Å². The van der Waals surface area contributed by atoms with Crippen molar-refractivity contribution in [3.05, 3.63) is 83.1 Å². The molecule has 2 aliphatic rings. The van der Waals surface area contributed by atoms with Gasteiger partial charge in [0, 0.05) is 43.3 Å². The molecule has 3 heterocycles. The van der Waals surface area contributed by atoms with Gasteiger partial charge in [-0.25, -0.2) is 0 Å². The summed E-state index contributed by atoms with van der Waals surface area (Å²) in [5.41, 5.74) is 4.07. The monoisotopic (exact) mass is 447 g/mol. The van der Waals surface area contributed by atoms with E-state index in [0.29, 0.717) is 36.7 Å². The molecule has 1 N–H and O–H groups in total. The highest BCUT2D eigenvalue weighted by Gasteiger charge is 2.39. The normalized spacial score (nSPS) is 19.8. The van der Waals surface area contributed by atoms with E-state index in [1.54, 1.807) is 29.4 Å². The second-order valence-electron chi connectivity index (χ2n) is 8.04. The van der Waals surface area contributed by atoms with Crippen LogP contribution in [0.25, 0.3) is 11.1 Å². The average molecular weight is 448 g/mol. The minimum atomic E-state index is -0.633. The van der Waals surface area contributed by atoms with Crippen LogP contribution in [0.2, 0.25) is 5.02 Å². The van der Waals surface area contributed by atoms with Crippen LogP contribution in [0, 0.1) is 0 Å². The Balaban J connectivity index is 1.32. The molecule has 32 heavy (non-hydrogen) atoms. The van der Waals surface area contributed by atoms with Crippen LogP contribution >= 0.6 is 11.6 Å². The van der Waals surface area contributed by atoms with Gasteiger partial charge in [-0.15, -0.1) is 0 Å². The predicted octanol–water partition coefficient (Wildman–Crippen LogP) is 3.28. The lowest BCUT2D eigenvalue weighted by molar-refractivity contribution is -0.147. The molecule has 2 atom stereocenters. The first kappa shape index (κ1) is 20.5. The Hall–Kier alpha value is -3.38. The predicted molar refractivity (Wildman–Crippen MR) is 121 cm³/mol. The number of ether oxygens (including phenoxy) is 1. The maximum absolute atomic E-state index is 13.3. The van der Waals surface area contributed by atoms with Crippen molar-refractivity contribution < 1.29 is 14.3 Å². The molecule has 1 saturated heterocycles. The minimum Gasteiger partial charge on any atom is -0.480 e. The summed E-state index contributed by atoms with van der Waals surface area (Å²) in [5, 5.41) is 3.51. The second kappa shape index (κ2) is 8.63. The van der Waals surface area contributed by atoms with Crippen molar-refractivity contribution in [3.8, 4) is 16.9 Å². The molecule has 3 aromatic rings. The zero-order valence-electron chi connectivity index (χ0n) is 17.3. The highest BCUT2D eigenvalue weighted by molar-refractivity contribution is 6.30. The third kappa shape index (κ3) is 4.06. The molecule has 2 aliphatic heterocycles. The number of nitrogens with one attached hydrogen (secondary N) is 1. The number of pyridine rings is 1. The molecule has 5 rings (SSSR count). The van der Waals surface area contributed by atoms with E-state index < -0.39 is 12.1 Å². The van der Waals surface area contributed by atoms with Gasteiger partial charge < -0.3 is 15.0 Å². The van der Waals surface area contributed by atoms with Gasteiger partial charge in [-0.1, -0.05) is 35.9 Å². The highest BCUT2D eigenvalue weighted by Crippen LogP contribution is 2.32. The Bertz CT molecular complexity index is 1150. The van der Waals surface area contributed by atoms with E-state index in [0.717, 1.165) is 22.3 Å². The van der Waals surface area contributed by atoms with E-state index in [4.69, 9.17) is 16.3 Å². The van der Waals surface area contributed by atoms with Gasteiger partial charge >= 0.3 is 0 Å². The summed E-state index contributed by atoms with van der Waals surface area (Å²) >= 11 is 6.08. The number of carbonyl (C=O) groups excluding carboxylic acids is 2. The Kier molecular flexibility index (Phi) is 5.53. The van der Waals surface area contributed by atoms with Crippen LogP contribution in [-0.2, 0) is 22.4 Å². The summed E-state index contributed by atoms with van der Waals surface area (Å²) < 4.78 is 5.89. The summed E-state index contributed by atoms with van der Waals surface area (Å²) in [5.74, 6) is 0.379. The smallest absolute Gasteiger partial charge is 0.264 e. The van der Waals surface area contributed by atoms with Crippen molar-refractivity contribution in [3.63, 3.8) is 0 Å². The molecule has 1 aromatic heterocycles. The van der Waals surface area contributed by atoms with Crippen LogP contribution in [0.3, 0.4) is 0 Å². The van der Waals surface area contributed by atoms with Crippen LogP contribution in [0.4, 0.5) is 0 Å². The van der Waals surface area contributed by atoms with Crippen molar-refractivity contribution in [1.29, 1.82) is 0 Å². The summed E-state index contributed by atoms with van der Waals surface area (Å²) in [6.07, 6.45) is 3.79. The number of piperazine rings is 1. The van der Waals surface area contributed by atoms with Gasteiger partial charge in [-0.05, 0) is 52.6 Å². The van der Waals surface area contributed by atoms with Gasteiger partial charge in [0.1, 0.15) is 11.8 Å². The molecule has 0 radical (unpaired) electrons. The van der Waals surface area contributed by atoms with Crippen molar-refractivity contribution >= 4 is 23.4 Å². The van der Waals surface area contributed by atoms with Crippen molar-refractivity contribution in [2.24, 2.45) is 0 Å². The van der Waals surface area contributed by atoms with Crippen LogP contribution in [0.1, 0.15) is 11.1 Å². The number of fused-ring (bicyclic) bond motifs is 1. The third-order valence-electron chi connectivity index (χ3n) is 5.98. The number of halogens is 1. The molecule has 0 unspecified atom stereocenters. The fourth-order valence-corrected chi connectivity index (χ4v) is 4.52. The van der Waals surface area contributed by atoms with E-state index >= 15 is 0 Å². The first-order valence-electron chi connectivity index (χ1n) is 10.6. The fourth-order valence-electron chi connectivity index (χ4n) is 4.32. The van der Waals surface area contributed by atoms with Crippen LogP contribution in [-0.4, -0.2) is 46.9 Å². The number of rotatable bonds is 4. The first-order valence-corrected chi connectivity index (χ1v) is 11.0. The Morgan fingerprint density at radius 3 is 2.62 bits per heavy atom. The number of hydrogen-bond donors (Lipinski definition) is 1. The third-order valence-corrected chi connectivity index (χ3v) is 6.22. The van der Waals surface area contributed by atoms with E-state index in [1.807, 2.05) is 42.5 Å². The number of carbonyl (C=O) groups is 2. The molecule has 2 aromatic carbocycles. The van der Waals surface area contributed by atoms with Crippen molar-refractivity contribution in [1.82, 2.24) is 15.2 Å². The van der Waals surface area contributed by atoms with Crippen molar-refractivity contribution in [2.45, 2.75) is 25.0 Å². The SMILES string of the molecule is O=C1NCCN(C(=O)[C@@H]2Cc3cc(Cl)ccc3O2)[C@@H]1Cc1ccc(-c2ccncc2)cc1. The molecular weight excluding hydrogens is 426 g/mol. The molecule has 0 bridgehead atoms. The molecule has 1 fully saturated rings. The Morgan fingerprint density at radius 1 is 1.09 bits per heavy atom. The number of benzene rings is 2. The first-order chi connectivity index (χ1) is 15.6. The largest absolute Gasteiger partial charge is 0.480 e. The molecule has 7 heteroatoms. The maximum Gasteiger partial charge on any atom is 0.264 e. The Labute approximate surface area is 191 Å². The summed E-state index contributed by atoms with van der Waals surface area (Å²) in [6.45, 7) is 0.898. The number of amides is 2. The number of aromatic nitrogens is 1. The molecule has 6 nitrogen and oxygen atoms in total. The van der Waals surface area contributed by atoms with Gasteiger partial charge in [0.2, 0.25) is 5.91 Å². The summed E-state index contributed by atoms with van der Waals surface area (Å²) in [7, 11) is 0. The topological polar surface area (TPSA) is 71.5 Å². The standard InChI is InChI=1S/C25H22ClN3O3/c26-20-5-6-22-19(14-20)15-23(32-22)25(31)29-12-11-28-24(30)21(29)13-16-1-3-17(4-2-16)18-7-9-27-10-8-18/h1-10,14,21,23H,11-13,15H2,(H,28,30)/t21-,23+/m1/s1. The van der Waals surface area contributed by atoms with E-state index in [9.17, 15) is 9.59 Å². The van der Waals surface area contributed by atoms with E-state index in [2.05, 4.69) is 10.3 Å². The summed E-state index contributed by atoms with van der Waals surface area (Å²) in [6, 6.07) is 16.8. The molecular formula is C25H22ClN3O3. The van der Waals surface area contributed by atoms with Gasteiger partial charge in [0.05, 0.1) is 0 Å². The van der Waals surface area contributed by atoms with Crippen molar-refractivity contribution in [2.75, 3.05) is 13.1 Å². The van der Waals surface area contributed by atoms with Gasteiger partial charge in [-0.3, -0.25) is 14.6 Å². The van der Waals surface area contributed by atoms with Crippen LogP contribution in [0.15, 0.2) is 67.0 Å². The average Bonchev–Trinajstić information content (AvgIpc) is 3.24. The van der Waals surface area contributed by atoms with Gasteiger partial charge in [0.15, 0.2) is 6.10 Å². The van der Waals surface area contributed by atoms with Gasteiger partial charge in [-0.2, -0.15) is 0 Å². The lowest BCUT2D eigenvalue weighted by atomic mass is 9.98. The fraction of sp³-hybridized carbons (Fsp3) is 0.240. The zero-order valence-corrected chi connectivity index (χ0v) is 18.1. The number of hydrogen-bond acceptors (Lipinski definition) is 4. The maximum atomic E-state index is 13.3. The number of nitrogens with zero attached hydrogens (tertiary/aromatic N) is 2. The molecule has 2 amide bonds. The van der Waals surface area contributed by atoms with Crippen LogP contribution < -0.4 is 10.1 Å². The quantitative estimate of drug-likeness (QED) is 0.666. The lowest BCUT2D eigenvalue weighted by Crippen LogP contribution is -2.60. The van der Waals surface area contributed by atoms with Gasteiger partial charge in [0.25, 0.3) is 5.91 Å². The molecule has 162 valence electrons. The molecule has 0 spiro atoms. The lowest BCUT2D eigenvalue weighted by Gasteiger charge is -2.36. The molecule has 0 aliphatic carbocycles. The van der Waals surface area contributed by atoms with E-state index in [-0.39, 0.29) is 11.8 Å². The molecule has 0 saturated carbocycles. The van der Waals surface area contributed by atoms with E-state index in [1.165, 1.54) is 0 Å². The Morgan fingerprint density at radius 2 is 1.84 bits per heavy atom. The zero-order chi connectivity index (χ0) is 22.1. The second-order valence-corrected chi connectivity index (χ2v) is 8.47. The minimum absolute atomic E-state index is 0.138.